The summed E-state index contributed by atoms with van der Waals surface area (Å²) in [5.74, 6) is 0.874. The molecule has 0 N–H and O–H groups in total. The fourth-order valence-electron chi connectivity index (χ4n) is 3.29. The maximum Gasteiger partial charge on any atom is 0.276 e. The molecule has 144 valence electrons. The molecule has 3 heterocycles. The van der Waals surface area contributed by atoms with Crippen molar-refractivity contribution in [2.45, 2.75) is 12.8 Å². The maximum atomic E-state index is 12.6. The average Bonchev–Trinajstić information content (AvgIpc) is 3.44. The lowest BCUT2D eigenvalue weighted by atomic mass is 10.1. The summed E-state index contributed by atoms with van der Waals surface area (Å²) >= 11 is 0. The molecule has 0 saturated carbocycles. The van der Waals surface area contributed by atoms with Crippen LogP contribution < -0.4 is 0 Å². The molecule has 2 amide bonds. The number of aryl methyl sites for hydroxylation is 1. The van der Waals surface area contributed by atoms with Gasteiger partial charge in [-0.05, 0) is 24.1 Å². The van der Waals surface area contributed by atoms with Gasteiger partial charge >= 0.3 is 0 Å². The lowest BCUT2D eigenvalue weighted by Crippen LogP contribution is -2.50. The number of amides is 2. The number of furan rings is 1. The Hall–Kier alpha value is -3.35. The van der Waals surface area contributed by atoms with Crippen LogP contribution in [0.25, 0.3) is 11.5 Å². The second-order valence-electron chi connectivity index (χ2n) is 6.71. The summed E-state index contributed by atoms with van der Waals surface area (Å²) in [5, 5.41) is 3.86. The molecule has 1 aromatic carbocycles. The summed E-state index contributed by atoms with van der Waals surface area (Å²) in [6.45, 7) is 2.03. The van der Waals surface area contributed by atoms with E-state index in [4.69, 9.17) is 8.94 Å². The summed E-state index contributed by atoms with van der Waals surface area (Å²) in [7, 11) is 0. The predicted molar refractivity (Wildman–Crippen MR) is 101 cm³/mol. The lowest BCUT2D eigenvalue weighted by Gasteiger charge is -2.34. The highest BCUT2D eigenvalue weighted by Crippen LogP contribution is 2.21. The largest absolute Gasteiger partial charge is 0.461 e. The smallest absolute Gasteiger partial charge is 0.276 e. The fraction of sp³-hybridized carbons (Fsp3) is 0.286. The van der Waals surface area contributed by atoms with E-state index in [1.165, 1.54) is 6.26 Å². The van der Waals surface area contributed by atoms with Crippen LogP contribution in [0.15, 0.2) is 63.7 Å². The van der Waals surface area contributed by atoms with Crippen molar-refractivity contribution in [2.24, 2.45) is 0 Å². The van der Waals surface area contributed by atoms with Crippen LogP contribution in [0, 0.1) is 0 Å². The van der Waals surface area contributed by atoms with Gasteiger partial charge in [0.05, 0.1) is 6.26 Å². The molecule has 7 nitrogen and oxygen atoms in total. The third kappa shape index (κ3) is 3.98. The van der Waals surface area contributed by atoms with Crippen molar-refractivity contribution in [2.75, 3.05) is 26.2 Å². The van der Waals surface area contributed by atoms with Crippen molar-refractivity contribution in [1.82, 2.24) is 15.0 Å². The van der Waals surface area contributed by atoms with Gasteiger partial charge in [0.15, 0.2) is 11.5 Å². The molecule has 0 spiro atoms. The first-order valence-corrected chi connectivity index (χ1v) is 9.32. The number of benzene rings is 1. The third-order valence-corrected chi connectivity index (χ3v) is 4.88. The molecule has 2 aromatic heterocycles. The number of carbonyl (C=O) groups excluding carboxylic acids is 2. The van der Waals surface area contributed by atoms with Gasteiger partial charge < -0.3 is 18.7 Å². The van der Waals surface area contributed by atoms with Crippen LogP contribution in [0.3, 0.4) is 0 Å². The number of carbonyl (C=O) groups is 2. The predicted octanol–water partition coefficient (Wildman–Crippen LogP) is 2.85. The molecule has 7 heteroatoms. The zero-order valence-electron chi connectivity index (χ0n) is 15.4. The van der Waals surface area contributed by atoms with Gasteiger partial charge in [0.2, 0.25) is 11.7 Å². The summed E-state index contributed by atoms with van der Waals surface area (Å²) in [6.07, 6.45) is 2.74. The Kier molecular flexibility index (Phi) is 5.23. The van der Waals surface area contributed by atoms with E-state index in [0.717, 1.165) is 12.0 Å². The van der Waals surface area contributed by atoms with Crippen molar-refractivity contribution in [1.29, 1.82) is 0 Å². The highest BCUT2D eigenvalue weighted by Gasteiger charge is 2.26. The summed E-state index contributed by atoms with van der Waals surface area (Å²) in [6, 6.07) is 15.0. The minimum atomic E-state index is -0.196. The van der Waals surface area contributed by atoms with Crippen LogP contribution in [0.5, 0.6) is 0 Å². The van der Waals surface area contributed by atoms with Crippen LogP contribution in [0.1, 0.15) is 22.5 Å². The first-order valence-electron chi connectivity index (χ1n) is 9.32. The number of hydrogen-bond acceptors (Lipinski definition) is 5. The molecule has 28 heavy (non-hydrogen) atoms. The van der Waals surface area contributed by atoms with Gasteiger partial charge in [-0.15, -0.1) is 0 Å². The fourth-order valence-corrected chi connectivity index (χ4v) is 3.29. The Labute approximate surface area is 162 Å². The molecule has 1 saturated heterocycles. The number of hydrogen-bond donors (Lipinski definition) is 0. The van der Waals surface area contributed by atoms with Crippen LogP contribution in [-0.2, 0) is 11.2 Å². The number of aromatic nitrogens is 1. The standard InChI is InChI=1S/C21H21N3O4/c25-20(9-8-16-5-2-1-3-6-16)23-10-12-24(13-11-23)21(26)17-15-19(28-22-17)18-7-4-14-27-18/h1-7,14-15H,8-13H2. The van der Waals surface area contributed by atoms with Gasteiger partial charge in [0.25, 0.3) is 5.91 Å². The zero-order valence-corrected chi connectivity index (χ0v) is 15.4. The maximum absolute atomic E-state index is 12.6. The molecule has 3 aromatic rings. The molecule has 1 aliphatic rings. The van der Waals surface area contributed by atoms with Crippen LogP contribution in [0.2, 0.25) is 0 Å². The Balaban J connectivity index is 1.29. The van der Waals surface area contributed by atoms with Gasteiger partial charge in [0.1, 0.15) is 0 Å². The Morgan fingerprint density at radius 3 is 2.39 bits per heavy atom. The second-order valence-corrected chi connectivity index (χ2v) is 6.71. The van der Waals surface area contributed by atoms with E-state index >= 15 is 0 Å². The Morgan fingerprint density at radius 1 is 0.929 bits per heavy atom. The number of rotatable bonds is 5. The van der Waals surface area contributed by atoms with Crippen molar-refractivity contribution < 1.29 is 18.5 Å². The Morgan fingerprint density at radius 2 is 1.68 bits per heavy atom. The van der Waals surface area contributed by atoms with E-state index in [0.29, 0.717) is 44.1 Å². The number of nitrogens with zero attached hydrogens (tertiary/aromatic N) is 3. The zero-order chi connectivity index (χ0) is 19.3. The lowest BCUT2D eigenvalue weighted by molar-refractivity contribution is -0.132. The molecule has 0 atom stereocenters. The van der Waals surface area contributed by atoms with Crippen molar-refractivity contribution in [3.05, 3.63) is 66.1 Å². The molecule has 4 rings (SSSR count). The molecule has 1 aliphatic heterocycles. The van der Waals surface area contributed by atoms with E-state index in [1.807, 2.05) is 35.2 Å². The average molecular weight is 379 g/mol. The van der Waals surface area contributed by atoms with Gasteiger partial charge in [-0.2, -0.15) is 0 Å². The van der Waals surface area contributed by atoms with E-state index in [1.54, 1.807) is 23.1 Å². The molecular formula is C21H21N3O4. The first kappa shape index (κ1) is 18.0. The second kappa shape index (κ2) is 8.12. The van der Waals surface area contributed by atoms with Crippen LogP contribution >= 0.6 is 0 Å². The molecule has 1 fully saturated rings. The quantitative estimate of drug-likeness (QED) is 0.681. The van der Waals surface area contributed by atoms with Gasteiger partial charge in [0, 0.05) is 38.7 Å². The minimum absolute atomic E-state index is 0.123. The SMILES string of the molecule is O=C(CCc1ccccc1)N1CCN(C(=O)c2cc(-c3ccco3)on2)CC1. The van der Waals surface area contributed by atoms with Crippen molar-refractivity contribution in [3.8, 4) is 11.5 Å². The van der Waals surface area contributed by atoms with Gasteiger partial charge in [-0.1, -0.05) is 35.5 Å². The molecular weight excluding hydrogens is 358 g/mol. The molecule has 0 aliphatic carbocycles. The minimum Gasteiger partial charge on any atom is -0.461 e. The molecule has 0 unspecified atom stereocenters. The van der Waals surface area contributed by atoms with Gasteiger partial charge in [-0.25, -0.2) is 0 Å². The summed E-state index contributed by atoms with van der Waals surface area (Å²) < 4.78 is 10.4. The van der Waals surface area contributed by atoms with E-state index in [-0.39, 0.29) is 17.5 Å². The monoisotopic (exact) mass is 379 g/mol. The highest BCUT2D eigenvalue weighted by molar-refractivity contribution is 5.93. The molecule has 0 radical (unpaired) electrons. The first-order chi connectivity index (χ1) is 13.7. The van der Waals surface area contributed by atoms with Crippen LogP contribution in [-0.4, -0.2) is 52.9 Å². The highest BCUT2D eigenvalue weighted by atomic mass is 16.5. The van der Waals surface area contributed by atoms with Crippen molar-refractivity contribution in [3.63, 3.8) is 0 Å². The Bertz CT molecular complexity index is 926. The van der Waals surface area contributed by atoms with Gasteiger partial charge in [-0.3, -0.25) is 9.59 Å². The molecule has 0 bridgehead atoms. The third-order valence-electron chi connectivity index (χ3n) is 4.88. The normalized spacial score (nSPS) is 14.3. The van der Waals surface area contributed by atoms with E-state index in [2.05, 4.69) is 5.16 Å². The summed E-state index contributed by atoms with van der Waals surface area (Å²) in [5.41, 5.74) is 1.40. The topological polar surface area (TPSA) is 79.8 Å². The van der Waals surface area contributed by atoms with Crippen LogP contribution in [0.4, 0.5) is 0 Å². The van der Waals surface area contributed by atoms with Crippen molar-refractivity contribution >= 4 is 11.8 Å². The summed E-state index contributed by atoms with van der Waals surface area (Å²) in [4.78, 5) is 28.6. The van der Waals surface area contributed by atoms with E-state index in [9.17, 15) is 9.59 Å². The number of piperazine rings is 1. The van der Waals surface area contributed by atoms with E-state index < -0.39 is 0 Å².